The molecular formula is C17H14N2O. The van der Waals surface area contributed by atoms with Crippen LogP contribution >= 0.6 is 0 Å². The fraction of sp³-hybridized carbons (Fsp3) is 0.0588. The molecule has 0 aliphatic rings. The number of fused-ring (bicyclic) bond motifs is 1. The van der Waals surface area contributed by atoms with E-state index < -0.39 is 0 Å². The van der Waals surface area contributed by atoms with Crippen LogP contribution in [0.15, 0.2) is 70.9 Å². The first-order valence-corrected chi connectivity index (χ1v) is 6.44. The topological polar surface area (TPSA) is 45.0 Å². The van der Waals surface area contributed by atoms with Crippen molar-refractivity contribution in [3.63, 3.8) is 0 Å². The van der Waals surface area contributed by atoms with Gasteiger partial charge in [-0.15, -0.1) is 5.11 Å². The molecule has 3 nitrogen and oxygen atoms in total. The summed E-state index contributed by atoms with van der Waals surface area (Å²) in [7, 11) is 0. The average Bonchev–Trinajstić information content (AvgIpc) is 2.48. The monoisotopic (exact) mass is 262 g/mol. The maximum atomic E-state index is 10.0. The Morgan fingerprint density at radius 1 is 0.800 bits per heavy atom. The number of hydrogen-bond donors (Lipinski definition) is 1. The number of aryl methyl sites for hydroxylation is 1. The zero-order valence-electron chi connectivity index (χ0n) is 11.1. The second-order valence-corrected chi connectivity index (χ2v) is 4.64. The third kappa shape index (κ3) is 2.26. The quantitative estimate of drug-likeness (QED) is 0.628. The van der Waals surface area contributed by atoms with Gasteiger partial charge < -0.3 is 5.11 Å². The molecular weight excluding hydrogens is 248 g/mol. The highest BCUT2D eigenvalue weighted by Gasteiger charge is 2.05. The van der Waals surface area contributed by atoms with E-state index in [1.165, 1.54) is 0 Å². The molecule has 0 saturated heterocycles. The van der Waals surface area contributed by atoms with Gasteiger partial charge in [0, 0.05) is 5.39 Å². The van der Waals surface area contributed by atoms with Gasteiger partial charge in [0.05, 0.1) is 5.69 Å². The molecule has 0 aliphatic heterocycles. The molecule has 0 fully saturated rings. The highest BCUT2D eigenvalue weighted by atomic mass is 16.3. The van der Waals surface area contributed by atoms with Crippen LogP contribution in [0.1, 0.15) is 5.56 Å². The summed E-state index contributed by atoms with van der Waals surface area (Å²) in [5, 5.41) is 20.4. The molecule has 0 saturated carbocycles. The van der Waals surface area contributed by atoms with E-state index in [4.69, 9.17) is 0 Å². The number of phenols is 1. The van der Waals surface area contributed by atoms with Crippen molar-refractivity contribution in [2.24, 2.45) is 10.2 Å². The highest BCUT2D eigenvalue weighted by Crippen LogP contribution is 2.36. The van der Waals surface area contributed by atoms with Gasteiger partial charge in [-0.3, -0.25) is 0 Å². The van der Waals surface area contributed by atoms with E-state index in [1.807, 2.05) is 61.5 Å². The second-order valence-electron chi connectivity index (χ2n) is 4.64. The van der Waals surface area contributed by atoms with Gasteiger partial charge in [0.25, 0.3) is 0 Å². The smallest absolute Gasteiger partial charge is 0.143 e. The largest absolute Gasteiger partial charge is 0.506 e. The molecule has 0 heterocycles. The summed E-state index contributed by atoms with van der Waals surface area (Å²) in [6.45, 7) is 1.98. The highest BCUT2D eigenvalue weighted by molar-refractivity contribution is 5.95. The SMILES string of the molecule is Cc1ccccc1N=Nc1c(O)ccc2ccccc12. The predicted octanol–water partition coefficient (Wildman–Crippen LogP) is 5.27. The van der Waals surface area contributed by atoms with Crippen molar-refractivity contribution in [3.05, 3.63) is 66.2 Å². The summed E-state index contributed by atoms with van der Waals surface area (Å²) in [5.74, 6) is 0.140. The molecule has 3 rings (SSSR count). The van der Waals surface area contributed by atoms with Gasteiger partial charge in [0.1, 0.15) is 11.4 Å². The van der Waals surface area contributed by atoms with E-state index >= 15 is 0 Å². The van der Waals surface area contributed by atoms with Crippen molar-refractivity contribution in [2.75, 3.05) is 0 Å². The van der Waals surface area contributed by atoms with Crippen LogP contribution in [0.3, 0.4) is 0 Å². The lowest BCUT2D eigenvalue weighted by atomic mass is 10.1. The summed E-state index contributed by atoms with van der Waals surface area (Å²) in [4.78, 5) is 0. The van der Waals surface area contributed by atoms with Crippen LogP contribution < -0.4 is 0 Å². The van der Waals surface area contributed by atoms with E-state index in [0.717, 1.165) is 22.0 Å². The first-order chi connectivity index (χ1) is 9.75. The maximum Gasteiger partial charge on any atom is 0.143 e. The molecule has 0 amide bonds. The fourth-order valence-electron chi connectivity index (χ4n) is 2.13. The van der Waals surface area contributed by atoms with Crippen molar-refractivity contribution in [1.82, 2.24) is 0 Å². The van der Waals surface area contributed by atoms with Crippen molar-refractivity contribution in [2.45, 2.75) is 6.92 Å². The summed E-state index contributed by atoms with van der Waals surface area (Å²) >= 11 is 0. The lowest BCUT2D eigenvalue weighted by Gasteiger charge is -2.04. The van der Waals surface area contributed by atoms with Crippen LogP contribution in [0.2, 0.25) is 0 Å². The molecule has 0 aliphatic carbocycles. The van der Waals surface area contributed by atoms with E-state index in [9.17, 15) is 5.11 Å². The van der Waals surface area contributed by atoms with Gasteiger partial charge in [-0.25, -0.2) is 0 Å². The van der Waals surface area contributed by atoms with Gasteiger partial charge in [-0.1, -0.05) is 48.5 Å². The summed E-state index contributed by atoms with van der Waals surface area (Å²) in [5.41, 5.74) is 2.36. The minimum Gasteiger partial charge on any atom is -0.506 e. The lowest BCUT2D eigenvalue weighted by molar-refractivity contribution is 0.477. The minimum absolute atomic E-state index is 0.140. The zero-order chi connectivity index (χ0) is 13.9. The molecule has 0 unspecified atom stereocenters. The number of nitrogens with zero attached hydrogens (tertiary/aromatic N) is 2. The van der Waals surface area contributed by atoms with E-state index in [-0.39, 0.29) is 5.75 Å². The number of hydrogen-bond acceptors (Lipinski definition) is 3. The Bertz CT molecular complexity index is 794. The number of rotatable bonds is 2. The average molecular weight is 262 g/mol. The van der Waals surface area contributed by atoms with Gasteiger partial charge in [-0.2, -0.15) is 5.11 Å². The van der Waals surface area contributed by atoms with Crippen molar-refractivity contribution in [1.29, 1.82) is 0 Å². The van der Waals surface area contributed by atoms with Crippen LogP contribution in [0, 0.1) is 6.92 Å². The molecule has 0 radical (unpaired) electrons. The first kappa shape index (κ1) is 12.4. The standard InChI is InChI=1S/C17H14N2O/c1-12-6-2-5-9-15(12)18-19-17-14-8-4-3-7-13(14)10-11-16(17)20/h2-11,20H,1H3. The van der Waals surface area contributed by atoms with Crippen LogP contribution in [-0.4, -0.2) is 5.11 Å². The number of aromatic hydroxyl groups is 1. The Hall–Kier alpha value is -2.68. The molecule has 1 N–H and O–H groups in total. The van der Waals surface area contributed by atoms with Crippen molar-refractivity contribution in [3.8, 4) is 5.75 Å². The molecule has 98 valence electrons. The zero-order valence-corrected chi connectivity index (χ0v) is 11.1. The Balaban J connectivity index is 2.11. The summed E-state index contributed by atoms with van der Waals surface area (Å²) < 4.78 is 0. The molecule has 20 heavy (non-hydrogen) atoms. The molecule has 3 aromatic carbocycles. The fourth-order valence-corrected chi connectivity index (χ4v) is 2.13. The third-order valence-electron chi connectivity index (χ3n) is 3.25. The van der Waals surface area contributed by atoms with Gasteiger partial charge in [-0.05, 0) is 30.0 Å². The number of benzene rings is 3. The van der Waals surface area contributed by atoms with Crippen LogP contribution in [0.4, 0.5) is 11.4 Å². The molecule has 3 aromatic rings. The maximum absolute atomic E-state index is 10.0. The van der Waals surface area contributed by atoms with Crippen molar-refractivity contribution >= 4 is 22.1 Å². The van der Waals surface area contributed by atoms with Crippen LogP contribution in [0.25, 0.3) is 10.8 Å². The molecule has 0 aromatic heterocycles. The summed E-state index contributed by atoms with van der Waals surface area (Å²) in [6, 6.07) is 19.1. The van der Waals surface area contributed by atoms with E-state index in [1.54, 1.807) is 6.07 Å². The Kier molecular flexibility index (Phi) is 3.17. The van der Waals surface area contributed by atoms with E-state index in [0.29, 0.717) is 5.69 Å². The Morgan fingerprint density at radius 2 is 1.55 bits per heavy atom. The van der Waals surface area contributed by atoms with Crippen molar-refractivity contribution < 1.29 is 5.11 Å². The van der Waals surface area contributed by atoms with Crippen LogP contribution in [0.5, 0.6) is 5.75 Å². The molecule has 3 heteroatoms. The van der Waals surface area contributed by atoms with E-state index in [2.05, 4.69) is 10.2 Å². The molecule has 0 bridgehead atoms. The predicted molar refractivity (Wildman–Crippen MR) is 81.0 cm³/mol. The molecule has 0 spiro atoms. The first-order valence-electron chi connectivity index (χ1n) is 6.44. The minimum atomic E-state index is 0.140. The Labute approximate surface area is 117 Å². The van der Waals surface area contributed by atoms with Gasteiger partial charge in [0.15, 0.2) is 0 Å². The lowest BCUT2D eigenvalue weighted by Crippen LogP contribution is -1.75. The van der Waals surface area contributed by atoms with Gasteiger partial charge >= 0.3 is 0 Å². The normalized spacial score (nSPS) is 11.2. The summed E-state index contributed by atoms with van der Waals surface area (Å²) in [6.07, 6.45) is 0. The second kappa shape index (κ2) is 5.13. The van der Waals surface area contributed by atoms with Crippen LogP contribution in [-0.2, 0) is 0 Å². The molecule has 0 atom stereocenters. The number of phenolic OH excluding ortho intramolecular Hbond substituents is 1. The van der Waals surface area contributed by atoms with Gasteiger partial charge in [0.2, 0.25) is 0 Å². The number of azo groups is 1. The Morgan fingerprint density at radius 3 is 2.40 bits per heavy atom. The third-order valence-corrected chi connectivity index (χ3v) is 3.25.